The van der Waals surface area contributed by atoms with Crippen molar-refractivity contribution in [3.63, 3.8) is 0 Å². The number of ether oxygens (including phenoxy) is 2. The molecule has 9 nitrogen and oxygen atoms in total. The number of rotatable bonds is 49. The van der Waals surface area contributed by atoms with E-state index in [4.69, 9.17) is 24.3 Å². The van der Waals surface area contributed by atoms with E-state index in [0.717, 1.165) is 103 Å². The third-order valence-corrected chi connectivity index (χ3v) is 11.8. The number of phosphoric ester groups is 1. The molecule has 0 aromatic heterocycles. The lowest BCUT2D eigenvalue weighted by molar-refractivity contribution is -0.161. The summed E-state index contributed by atoms with van der Waals surface area (Å²) in [6, 6.07) is 0. The predicted octanol–water partition coefficient (Wildman–Crippen LogP) is 16.8. The van der Waals surface area contributed by atoms with Crippen LogP contribution < -0.4 is 5.73 Å². The van der Waals surface area contributed by atoms with Crippen molar-refractivity contribution in [1.82, 2.24) is 0 Å². The Hall–Kier alpha value is -3.59. The third-order valence-electron chi connectivity index (χ3n) is 10.8. The zero-order valence-corrected chi connectivity index (χ0v) is 44.4. The molecule has 0 amide bonds. The highest BCUT2D eigenvalue weighted by molar-refractivity contribution is 7.47. The molecule has 69 heavy (non-hydrogen) atoms. The molecule has 0 aliphatic carbocycles. The summed E-state index contributed by atoms with van der Waals surface area (Å²) < 4.78 is 32.9. The fourth-order valence-electron chi connectivity index (χ4n) is 6.92. The second kappa shape index (κ2) is 53.8. The fourth-order valence-corrected chi connectivity index (χ4v) is 7.69. The van der Waals surface area contributed by atoms with E-state index in [-0.39, 0.29) is 32.6 Å². The lowest BCUT2D eigenvalue weighted by Crippen LogP contribution is -2.29. The first-order valence-electron chi connectivity index (χ1n) is 27.0. The Labute approximate surface area is 421 Å². The Morgan fingerprint density at radius 3 is 1.13 bits per heavy atom. The lowest BCUT2D eigenvalue weighted by Gasteiger charge is -2.19. The molecule has 0 spiro atoms. The van der Waals surface area contributed by atoms with Gasteiger partial charge in [0.2, 0.25) is 0 Å². The molecule has 0 heterocycles. The molecule has 0 saturated heterocycles. The number of hydrogen-bond donors (Lipinski definition) is 2. The molecule has 0 bridgehead atoms. The van der Waals surface area contributed by atoms with Crippen molar-refractivity contribution in [1.29, 1.82) is 0 Å². The minimum Gasteiger partial charge on any atom is -0.462 e. The molecular weight excluding hydrogens is 882 g/mol. The number of carbonyl (C=O) groups excluding carboxylic acids is 2. The normalized spacial score (nSPS) is 14.1. The van der Waals surface area contributed by atoms with E-state index in [0.29, 0.717) is 12.8 Å². The summed E-state index contributed by atoms with van der Waals surface area (Å²) >= 11 is 0. The molecule has 0 aromatic rings. The number of unbranched alkanes of at least 4 members (excludes halogenated alkanes) is 16. The van der Waals surface area contributed by atoms with Gasteiger partial charge in [-0.3, -0.25) is 18.6 Å². The van der Waals surface area contributed by atoms with Gasteiger partial charge in [-0.25, -0.2) is 4.57 Å². The van der Waals surface area contributed by atoms with Gasteiger partial charge in [0.25, 0.3) is 0 Å². The van der Waals surface area contributed by atoms with Gasteiger partial charge in [-0.2, -0.15) is 0 Å². The first-order chi connectivity index (χ1) is 33.8. The van der Waals surface area contributed by atoms with Gasteiger partial charge in [0, 0.05) is 19.4 Å². The lowest BCUT2D eigenvalue weighted by atomic mass is 10.0. The van der Waals surface area contributed by atoms with Crippen molar-refractivity contribution in [2.24, 2.45) is 5.73 Å². The molecule has 0 aliphatic heterocycles. The number of allylic oxidation sites excluding steroid dienone is 20. The van der Waals surface area contributed by atoms with E-state index >= 15 is 0 Å². The molecule has 2 unspecified atom stereocenters. The standard InChI is InChI=1S/C59H98NO8P/c1-3-5-7-9-11-13-15-17-18-19-20-21-22-23-24-25-26-27-28-29-30-31-32-33-34-35-36-37-38-40-42-44-46-48-50-52-59(62)68-57(56-67-69(63,64)66-54-53-60)55-65-58(61)51-49-47-45-43-41-39-16-14-12-10-8-6-4-2/h5-8,11-14,17-18,20-21,23-24,26-27,29-30,39,41,57H,3-4,9-10,15-16,19,22,25,28,31-38,40,42-56,60H2,1-2H3,(H,63,64)/b7-5-,8-6-,13-11-,14-12-,18-17-,21-20-,24-23-,27-26-,30-29-,41-39-. The minimum absolute atomic E-state index is 0.0437. The summed E-state index contributed by atoms with van der Waals surface area (Å²) in [6.45, 7) is 3.46. The van der Waals surface area contributed by atoms with Crippen LogP contribution >= 0.6 is 7.82 Å². The van der Waals surface area contributed by atoms with Crippen LogP contribution in [0, 0.1) is 0 Å². The quantitative estimate of drug-likeness (QED) is 0.0264. The first kappa shape index (κ1) is 65.4. The van der Waals surface area contributed by atoms with Crippen LogP contribution in [0.1, 0.15) is 206 Å². The van der Waals surface area contributed by atoms with E-state index in [1.54, 1.807) is 0 Å². The smallest absolute Gasteiger partial charge is 0.462 e. The van der Waals surface area contributed by atoms with E-state index in [1.807, 2.05) is 0 Å². The molecule has 0 radical (unpaired) electrons. The number of nitrogens with two attached hydrogens (primary N) is 1. The van der Waals surface area contributed by atoms with E-state index in [2.05, 4.69) is 135 Å². The number of esters is 2. The first-order valence-corrected chi connectivity index (χ1v) is 28.5. The van der Waals surface area contributed by atoms with Gasteiger partial charge in [-0.15, -0.1) is 0 Å². The molecule has 0 aromatic carbocycles. The molecular formula is C59H98NO8P. The topological polar surface area (TPSA) is 134 Å². The van der Waals surface area contributed by atoms with Crippen LogP contribution in [-0.2, 0) is 32.7 Å². The third kappa shape index (κ3) is 53.6. The van der Waals surface area contributed by atoms with E-state index in [1.165, 1.54) is 64.2 Å². The van der Waals surface area contributed by atoms with Crippen LogP contribution in [0.5, 0.6) is 0 Å². The predicted molar refractivity (Wildman–Crippen MR) is 293 cm³/mol. The van der Waals surface area contributed by atoms with Crippen molar-refractivity contribution in [2.75, 3.05) is 26.4 Å². The average Bonchev–Trinajstić information content (AvgIpc) is 3.34. The van der Waals surface area contributed by atoms with Gasteiger partial charge >= 0.3 is 19.8 Å². The summed E-state index contributed by atoms with van der Waals surface area (Å²) in [5, 5.41) is 0. The minimum atomic E-state index is -4.40. The highest BCUT2D eigenvalue weighted by Gasteiger charge is 2.26. The molecule has 392 valence electrons. The van der Waals surface area contributed by atoms with Crippen LogP contribution in [-0.4, -0.2) is 49.3 Å². The Kier molecular flexibility index (Phi) is 51.0. The largest absolute Gasteiger partial charge is 0.472 e. The maximum atomic E-state index is 12.7. The zero-order chi connectivity index (χ0) is 50.2. The van der Waals surface area contributed by atoms with Crippen molar-refractivity contribution in [3.05, 3.63) is 122 Å². The summed E-state index contributed by atoms with van der Waals surface area (Å²) in [5.41, 5.74) is 5.36. The van der Waals surface area contributed by atoms with Crippen LogP contribution in [0.4, 0.5) is 0 Å². The number of hydrogen-bond acceptors (Lipinski definition) is 8. The maximum Gasteiger partial charge on any atom is 0.472 e. The van der Waals surface area contributed by atoms with Crippen LogP contribution in [0.2, 0.25) is 0 Å². The Morgan fingerprint density at radius 1 is 0.435 bits per heavy atom. The van der Waals surface area contributed by atoms with Gasteiger partial charge < -0.3 is 20.1 Å². The fraction of sp³-hybridized carbons (Fsp3) is 0.627. The van der Waals surface area contributed by atoms with Gasteiger partial charge in [0.05, 0.1) is 13.2 Å². The maximum absolute atomic E-state index is 12.7. The highest BCUT2D eigenvalue weighted by atomic mass is 31.2. The van der Waals surface area contributed by atoms with E-state index < -0.39 is 32.5 Å². The molecule has 0 fully saturated rings. The van der Waals surface area contributed by atoms with Crippen molar-refractivity contribution in [2.45, 2.75) is 213 Å². The highest BCUT2D eigenvalue weighted by Crippen LogP contribution is 2.43. The SMILES string of the molecule is CC/C=C\C/C=C\C/C=C\C/C=C\C/C=C\C/C=C\C/C=C\CCCCCCCCCCCCCCCC(=O)OC(COC(=O)CCCCC/C=C\C/C=C\C/C=C\CC)COP(=O)(O)OCCN. The average molecular weight is 980 g/mol. The van der Waals surface area contributed by atoms with Crippen molar-refractivity contribution in [3.8, 4) is 0 Å². The van der Waals surface area contributed by atoms with Gasteiger partial charge in [0.1, 0.15) is 6.61 Å². The molecule has 2 atom stereocenters. The molecule has 0 saturated carbocycles. The van der Waals surface area contributed by atoms with Gasteiger partial charge in [0.15, 0.2) is 6.10 Å². The van der Waals surface area contributed by atoms with Crippen molar-refractivity contribution >= 4 is 19.8 Å². The second-order valence-electron chi connectivity index (χ2n) is 17.3. The number of phosphoric acid groups is 1. The summed E-state index contributed by atoms with van der Waals surface area (Å²) in [5.74, 6) is -0.871. The summed E-state index contributed by atoms with van der Waals surface area (Å²) in [6.07, 6.45) is 74.0. The Morgan fingerprint density at radius 2 is 0.754 bits per heavy atom. The van der Waals surface area contributed by atoms with Crippen molar-refractivity contribution < 1.29 is 37.6 Å². The van der Waals surface area contributed by atoms with Gasteiger partial charge in [-0.05, 0) is 103 Å². The Balaban J connectivity index is 3.96. The summed E-state index contributed by atoms with van der Waals surface area (Å²) in [4.78, 5) is 35.0. The van der Waals surface area contributed by atoms with Crippen LogP contribution in [0.3, 0.4) is 0 Å². The summed E-state index contributed by atoms with van der Waals surface area (Å²) in [7, 11) is -4.40. The second-order valence-corrected chi connectivity index (χ2v) is 18.8. The zero-order valence-electron chi connectivity index (χ0n) is 43.5. The Bertz CT molecular complexity index is 1540. The monoisotopic (exact) mass is 980 g/mol. The number of carbonyl (C=O) groups is 2. The van der Waals surface area contributed by atoms with Gasteiger partial charge in [-0.1, -0.05) is 212 Å². The van der Waals surface area contributed by atoms with Crippen LogP contribution in [0.25, 0.3) is 0 Å². The molecule has 0 rings (SSSR count). The van der Waals surface area contributed by atoms with Crippen LogP contribution in [0.15, 0.2) is 122 Å². The molecule has 0 aliphatic rings. The van der Waals surface area contributed by atoms with E-state index in [9.17, 15) is 19.0 Å². The molecule has 10 heteroatoms. The molecule has 3 N–H and O–H groups in total.